The van der Waals surface area contributed by atoms with E-state index in [4.69, 9.17) is 10.5 Å². The molecule has 0 unspecified atom stereocenters. The maximum absolute atomic E-state index is 11.6. The van der Waals surface area contributed by atoms with Crippen LogP contribution >= 0.6 is 0 Å². The van der Waals surface area contributed by atoms with E-state index in [9.17, 15) is 4.79 Å². The van der Waals surface area contributed by atoms with Crippen molar-refractivity contribution in [3.8, 4) is 0 Å². The third-order valence-electron chi connectivity index (χ3n) is 3.35. The predicted octanol–water partition coefficient (Wildman–Crippen LogP) is 1.67. The van der Waals surface area contributed by atoms with Crippen LogP contribution in [0.1, 0.15) is 30.9 Å². The Morgan fingerprint density at radius 3 is 2.47 bits per heavy atom. The summed E-state index contributed by atoms with van der Waals surface area (Å²) in [7, 11) is 0. The normalized spacial score (nSPS) is 14.7. The lowest BCUT2D eigenvalue weighted by Crippen LogP contribution is -2.32. The van der Waals surface area contributed by atoms with E-state index in [0.717, 1.165) is 12.1 Å². The van der Waals surface area contributed by atoms with Crippen molar-refractivity contribution in [3.05, 3.63) is 35.4 Å². The zero-order valence-corrected chi connectivity index (χ0v) is 11.5. The van der Waals surface area contributed by atoms with Crippen LogP contribution in [0, 0.1) is 0 Å². The predicted molar refractivity (Wildman–Crippen MR) is 74.4 cm³/mol. The number of benzene rings is 1. The Labute approximate surface area is 114 Å². The van der Waals surface area contributed by atoms with Gasteiger partial charge in [0.15, 0.2) is 0 Å². The van der Waals surface area contributed by atoms with Crippen LogP contribution < -0.4 is 5.73 Å². The van der Waals surface area contributed by atoms with Gasteiger partial charge in [-0.2, -0.15) is 0 Å². The van der Waals surface area contributed by atoms with Crippen LogP contribution in [-0.2, 0) is 22.6 Å². The van der Waals surface area contributed by atoms with E-state index in [1.165, 1.54) is 18.4 Å². The van der Waals surface area contributed by atoms with Gasteiger partial charge >= 0.3 is 5.97 Å². The number of hydrogen-bond donors (Lipinski definition) is 1. The van der Waals surface area contributed by atoms with Gasteiger partial charge in [-0.15, -0.1) is 0 Å². The van der Waals surface area contributed by atoms with E-state index in [1.54, 1.807) is 0 Å². The Bertz CT molecular complexity index is 413. The van der Waals surface area contributed by atoms with E-state index in [0.29, 0.717) is 25.7 Å². The van der Waals surface area contributed by atoms with Gasteiger partial charge in [-0.1, -0.05) is 24.3 Å². The third-order valence-corrected chi connectivity index (χ3v) is 3.35. The third kappa shape index (κ3) is 4.33. The van der Waals surface area contributed by atoms with Gasteiger partial charge in [0.2, 0.25) is 0 Å². The van der Waals surface area contributed by atoms with E-state index in [2.05, 4.69) is 17.0 Å². The Kier molecular flexibility index (Phi) is 4.93. The number of nitrogens with zero attached hydrogens (tertiary/aromatic N) is 1. The highest BCUT2D eigenvalue weighted by Crippen LogP contribution is 2.28. The number of nitrogens with two attached hydrogens (primary N) is 1. The van der Waals surface area contributed by atoms with Gasteiger partial charge in [0.05, 0.1) is 13.2 Å². The molecule has 0 atom stereocenters. The molecule has 1 aliphatic carbocycles. The van der Waals surface area contributed by atoms with Crippen LogP contribution in [-0.4, -0.2) is 30.1 Å². The van der Waals surface area contributed by atoms with Gasteiger partial charge < -0.3 is 10.5 Å². The molecule has 0 heterocycles. The van der Waals surface area contributed by atoms with E-state index in [-0.39, 0.29) is 5.97 Å². The molecule has 0 spiro atoms. The average Bonchev–Trinajstić information content (AvgIpc) is 3.23. The second-order valence-electron chi connectivity index (χ2n) is 4.96. The van der Waals surface area contributed by atoms with Crippen molar-refractivity contribution in [2.75, 3.05) is 13.2 Å². The van der Waals surface area contributed by atoms with Gasteiger partial charge in [-0.25, -0.2) is 0 Å². The minimum atomic E-state index is -0.132. The zero-order valence-electron chi connectivity index (χ0n) is 11.5. The van der Waals surface area contributed by atoms with Gasteiger partial charge in [0.1, 0.15) is 0 Å². The Morgan fingerprint density at radius 1 is 1.32 bits per heavy atom. The van der Waals surface area contributed by atoms with Crippen LogP contribution in [0.3, 0.4) is 0 Å². The van der Waals surface area contributed by atoms with Crippen molar-refractivity contribution < 1.29 is 9.53 Å². The van der Waals surface area contributed by atoms with E-state index >= 15 is 0 Å². The number of hydrogen-bond acceptors (Lipinski definition) is 4. The number of carbonyl (C=O) groups excluding carboxylic acids is 1. The van der Waals surface area contributed by atoms with Crippen molar-refractivity contribution >= 4 is 5.97 Å². The highest BCUT2D eigenvalue weighted by molar-refractivity contribution is 5.71. The smallest absolute Gasteiger partial charge is 0.320 e. The molecule has 2 rings (SSSR count). The quantitative estimate of drug-likeness (QED) is 0.759. The van der Waals surface area contributed by atoms with Crippen molar-refractivity contribution in [1.29, 1.82) is 0 Å². The molecule has 0 aliphatic heterocycles. The van der Waals surface area contributed by atoms with Gasteiger partial charge in [-0.3, -0.25) is 9.69 Å². The van der Waals surface area contributed by atoms with Crippen LogP contribution in [0.5, 0.6) is 0 Å². The van der Waals surface area contributed by atoms with E-state index < -0.39 is 0 Å². The first kappa shape index (κ1) is 14.0. The first-order valence-corrected chi connectivity index (χ1v) is 6.90. The lowest BCUT2D eigenvalue weighted by molar-refractivity contribution is -0.144. The Hall–Kier alpha value is -1.39. The summed E-state index contributed by atoms with van der Waals surface area (Å²) in [4.78, 5) is 13.8. The molecule has 0 bridgehead atoms. The summed E-state index contributed by atoms with van der Waals surface area (Å²) in [6.07, 6.45) is 2.36. The summed E-state index contributed by atoms with van der Waals surface area (Å²) in [6.45, 7) is 4.04. The molecule has 19 heavy (non-hydrogen) atoms. The van der Waals surface area contributed by atoms with Gasteiger partial charge in [0.25, 0.3) is 0 Å². The molecule has 1 saturated carbocycles. The summed E-state index contributed by atoms with van der Waals surface area (Å²) in [5, 5.41) is 0. The maximum atomic E-state index is 11.6. The van der Waals surface area contributed by atoms with Crippen LogP contribution in [0.2, 0.25) is 0 Å². The molecule has 104 valence electrons. The number of rotatable bonds is 7. The lowest BCUT2D eigenvalue weighted by Gasteiger charge is -2.21. The summed E-state index contributed by atoms with van der Waals surface area (Å²) in [5.74, 6) is -0.132. The van der Waals surface area contributed by atoms with Crippen LogP contribution in [0.4, 0.5) is 0 Å². The molecule has 4 nitrogen and oxygen atoms in total. The number of carbonyl (C=O) groups is 1. The summed E-state index contributed by atoms with van der Waals surface area (Å²) < 4.78 is 5.03. The van der Waals surface area contributed by atoms with Crippen molar-refractivity contribution in [1.82, 2.24) is 4.90 Å². The molecule has 0 aromatic heterocycles. The maximum Gasteiger partial charge on any atom is 0.320 e. The second kappa shape index (κ2) is 6.68. The Balaban J connectivity index is 1.93. The molecule has 1 fully saturated rings. The van der Waals surface area contributed by atoms with Crippen molar-refractivity contribution in [2.24, 2.45) is 5.73 Å². The topological polar surface area (TPSA) is 55.6 Å². The molecule has 0 amide bonds. The molecule has 1 aromatic rings. The minimum absolute atomic E-state index is 0.132. The fourth-order valence-electron chi connectivity index (χ4n) is 2.14. The molecule has 1 aromatic carbocycles. The first-order valence-electron chi connectivity index (χ1n) is 6.90. The summed E-state index contributed by atoms with van der Waals surface area (Å²) in [6, 6.07) is 8.81. The second-order valence-corrected chi connectivity index (χ2v) is 4.96. The van der Waals surface area contributed by atoms with E-state index in [1.807, 2.05) is 19.1 Å². The van der Waals surface area contributed by atoms with Crippen molar-refractivity contribution in [2.45, 2.75) is 38.9 Å². The first-order chi connectivity index (χ1) is 9.22. The van der Waals surface area contributed by atoms with Crippen LogP contribution in [0.15, 0.2) is 24.3 Å². The highest BCUT2D eigenvalue weighted by Gasteiger charge is 2.30. The molecule has 1 aliphatic rings. The fraction of sp³-hybridized carbons (Fsp3) is 0.533. The largest absolute Gasteiger partial charge is 0.465 e. The van der Waals surface area contributed by atoms with Crippen molar-refractivity contribution in [3.63, 3.8) is 0 Å². The fourth-order valence-corrected chi connectivity index (χ4v) is 2.14. The molecule has 0 saturated heterocycles. The highest BCUT2D eigenvalue weighted by atomic mass is 16.5. The number of esters is 1. The number of ether oxygens (including phenoxy) is 1. The van der Waals surface area contributed by atoms with Crippen LogP contribution in [0.25, 0.3) is 0 Å². The SMILES string of the molecule is CCOC(=O)CN(Cc1ccc(CN)cc1)C1CC1. The van der Waals surface area contributed by atoms with Gasteiger partial charge in [-0.05, 0) is 30.9 Å². The molecule has 4 heteroatoms. The molecule has 0 radical (unpaired) electrons. The zero-order chi connectivity index (χ0) is 13.7. The lowest BCUT2D eigenvalue weighted by atomic mass is 10.1. The Morgan fingerprint density at radius 2 is 1.95 bits per heavy atom. The summed E-state index contributed by atoms with van der Waals surface area (Å²) in [5.41, 5.74) is 7.93. The molecular weight excluding hydrogens is 240 g/mol. The van der Waals surface area contributed by atoms with Gasteiger partial charge in [0, 0.05) is 19.1 Å². The molecule has 2 N–H and O–H groups in total. The summed E-state index contributed by atoms with van der Waals surface area (Å²) >= 11 is 0. The molecular formula is C15H22N2O2. The average molecular weight is 262 g/mol. The monoisotopic (exact) mass is 262 g/mol. The minimum Gasteiger partial charge on any atom is -0.465 e. The standard InChI is InChI=1S/C15H22N2O2/c1-2-19-15(18)11-17(14-7-8-14)10-13-5-3-12(9-16)4-6-13/h3-6,14H,2,7-11,16H2,1H3.